The molecule has 0 radical (unpaired) electrons. The van der Waals surface area contributed by atoms with Gasteiger partial charge in [0.15, 0.2) is 0 Å². The molecule has 0 unspecified atom stereocenters. The predicted octanol–water partition coefficient (Wildman–Crippen LogP) is 4.00. The van der Waals surface area contributed by atoms with Crippen LogP contribution in [0.5, 0.6) is 0 Å². The lowest BCUT2D eigenvalue weighted by Gasteiger charge is -2.05. The fraction of sp³-hybridized carbons (Fsp3) is 0.286. The second-order valence-corrected chi connectivity index (χ2v) is 6.66. The van der Waals surface area contributed by atoms with Gasteiger partial charge in [-0.25, -0.2) is 4.98 Å². The summed E-state index contributed by atoms with van der Waals surface area (Å²) in [5.41, 5.74) is 2.20. The molecule has 1 heterocycles. The van der Waals surface area contributed by atoms with Crippen LogP contribution in [0.3, 0.4) is 0 Å². The van der Waals surface area contributed by atoms with Crippen molar-refractivity contribution in [2.75, 3.05) is 0 Å². The van der Waals surface area contributed by atoms with Crippen molar-refractivity contribution >= 4 is 33.2 Å². The molecule has 1 fully saturated rings. The maximum absolute atomic E-state index is 11.3. The van der Waals surface area contributed by atoms with E-state index in [0.29, 0.717) is 18.5 Å². The van der Waals surface area contributed by atoms with Gasteiger partial charge in [0.2, 0.25) is 0 Å². The maximum atomic E-state index is 11.3. The Morgan fingerprint density at radius 3 is 2.84 bits per heavy atom. The Labute approximate surface area is 123 Å². The molecule has 3 nitrogen and oxygen atoms in total. The van der Waals surface area contributed by atoms with Gasteiger partial charge in [0.25, 0.3) is 0 Å². The van der Waals surface area contributed by atoms with Gasteiger partial charge in [-0.1, -0.05) is 22.0 Å². The summed E-state index contributed by atoms with van der Waals surface area (Å²) < 4.78 is 1.00. The molecule has 19 heavy (non-hydrogen) atoms. The van der Waals surface area contributed by atoms with Gasteiger partial charge in [0.1, 0.15) is 10.4 Å². The Morgan fingerprint density at radius 1 is 1.47 bits per heavy atom. The maximum Gasteiger partial charge on any atom is 0.315 e. The molecule has 2 aromatic rings. The van der Waals surface area contributed by atoms with Crippen molar-refractivity contribution in [3.8, 4) is 10.6 Å². The molecule has 0 atom stereocenters. The molecule has 1 aromatic carbocycles. The fourth-order valence-corrected chi connectivity index (χ4v) is 3.51. The van der Waals surface area contributed by atoms with E-state index in [9.17, 15) is 9.90 Å². The van der Waals surface area contributed by atoms with Crippen LogP contribution in [0.1, 0.15) is 24.1 Å². The number of carboxylic acids is 1. The first-order chi connectivity index (χ1) is 9.03. The topological polar surface area (TPSA) is 50.2 Å². The molecule has 5 heteroatoms. The molecule has 1 aliphatic rings. The third-order valence-corrected chi connectivity index (χ3v) is 4.95. The number of hydrogen-bond donors (Lipinski definition) is 1. The molecule has 0 aliphatic heterocycles. The smallest absolute Gasteiger partial charge is 0.315 e. The zero-order valence-electron chi connectivity index (χ0n) is 10.3. The summed E-state index contributed by atoms with van der Waals surface area (Å²) in [5, 5.41) is 12.1. The highest BCUT2D eigenvalue weighted by molar-refractivity contribution is 9.10. The number of thiazole rings is 1. The minimum atomic E-state index is -0.754. The van der Waals surface area contributed by atoms with E-state index in [1.54, 1.807) is 0 Å². The SMILES string of the molecule is Cc1ccc(Br)cc1-c1nc(C2(C(=O)O)CC2)cs1. The molecular weight excluding hydrogens is 326 g/mol. The first-order valence-corrected chi connectivity index (χ1v) is 7.66. The Balaban J connectivity index is 2.02. The summed E-state index contributed by atoms with van der Waals surface area (Å²) in [4.78, 5) is 15.9. The molecular formula is C14H12BrNO2S. The standard InChI is InChI=1S/C14H12BrNO2S/c1-8-2-3-9(15)6-10(8)12-16-11(7-19-12)14(4-5-14)13(17)18/h2-3,6-7H,4-5H2,1H3,(H,17,18). The molecule has 0 spiro atoms. The first-order valence-electron chi connectivity index (χ1n) is 5.99. The van der Waals surface area contributed by atoms with Gasteiger partial charge in [0.05, 0.1) is 5.69 Å². The highest BCUT2D eigenvalue weighted by atomic mass is 79.9. The van der Waals surface area contributed by atoms with Crippen LogP contribution in [0.4, 0.5) is 0 Å². The third kappa shape index (κ3) is 2.11. The van der Waals surface area contributed by atoms with E-state index in [0.717, 1.165) is 20.6 Å². The Hall–Kier alpha value is -1.20. The highest BCUT2D eigenvalue weighted by Gasteiger charge is 2.53. The molecule has 1 aromatic heterocycles. The zero-order valence-corrected chi connectivity index (χ0v) is 12.7. The van der Waals surface area contributed by atoms with Gasteiger partial charge in [0, 0.05) is 15.4 Å². The molecule has 0 saturated heterocycles. The Kier molecular flexibility index (Phi) is 2.98. The van der Waals surface area contributed by atoms with E-state index in [1.165, 1.54) is 11.3 Å². The van der Waals surface area contributed by atoms with E-state index in [2.05, 4.69) is 20.9 Å². The van der Waals surface area contributed by atoms with Crippen molar-refractivity contribution in [2.45, 2.75) is 25.2 Å². The first kappa shape index (κ1) is 12.8. The monoisotopic (exact) mass is 337 g/mol. The van der Waals surface area contributed by atoms with Crippen molar-refractivity contribution in [3.05, 3.63) is 39.3 Å². The van der Waals surface area contributed by atoms with Crippen molar-refractivity contribution < 1.29 is 9.90 Å². The molecule has 0 amide bonds. The largest absolute Gasteiger partial charge is 0.481 e. The van der Waals surface area contributed by atoms with Crippen molar-refractivity contribution in [1.82, 2.24) is 4.98 Å². The van der Waals surface area contributed by atoms with E-state index in [-0.39, 0.29) is 0 Å². The van der Waals surface area contributed by atoms with Crippen LogP contribution < -0.4 is 0 Å². The molecule has 1 saturated carbocycles. The summed E-state index contributed by atoms with van der Waals surface area (Å²) in [7, 11) is 0. The number of carbonyl (C=O) groups is 1. The van der Waals surface area contributed by atoms with Crippen LogP contribution in [-0.2, 0) is 10.2 Å². The molecule has 3 rings (SSSR count). The van der Waals surface area contributed by atoms with Gasteiger partial charge in [-0.05, 0) is 37.5 Å². The van der Waals surface area contributed by atoms with Crippen LogP contribution in [0, 0.1) is 6.92 Å². The predicted molar refractivity (Wildman–Crippen MR) is 78.5 cm³/mol. The van der Waals surface area contributed by atoms with Gasteiger partial charge in [-0.2, -0.15) is 0 Å². The summed E-state index contributed by atoms with van der Waals surface area (Å²) >= 11 is 4.97. The number of aryl methyl sites for hydroxylation is 1. The van der Waals surface area contributed by atoms with Crippen molar-refractivity contribution in [2.24, 2.45) is 0 Å². The lowest BCUT2D eigenvalue weighted by Crippen LogP contribution is -2.19. The van der Waals surface area contributed by atoms with Crippen LogP contribution in [0.15, 0.2) is 28.1 Å². The highest BCUT2D eigenvalue weighted by Crippen LogP contribution is 2.49. The van der Waals surface area contributed by atoms with Crippen LogP contribution >= 0.6 is 27.3 Å². The van der Waals surface area contributed by atoms with E-state index < -0.39 is 11.4 Å². The summed E-state index contributed by atoms with van der Waals surface area (Å²) in [6.45, 7) is 2.03. The lowest BCUT2D eigenvalue weighted by atomic mass is 10.0. The normalized spacial score (nSPS) is 16.3. The number of halogens is 1. The van der Waals surface area contributed by atoms with E-state index in [4.69, 9.17) is 0 Å². The van der Waals surface area contributed by atoms with Gasteiger partial charge in [-0.15, -0.1) is 11.3 Å². The number of carboxylic acid groups (broad SMARTS) is 1. The van der Waals surface area contributed by atoms with Gasteiger partial charge in [-0.3, -0.25) is 4.79 Å². The van der Waals surface area contributed by atoms with Gasteiger partial charge < -0.3 is 5.11 Å². The number of aliphatic carboxylic acids is 1. The summed E-state index contributed by atoms with van der Waals surface area (Å²) in [6.07, 6.45) is 1.39. The van der Waals surface area contributed by atoms with Crippen LogP contribution in [0.25, 0.3) is 10.6 Å². The minimum absolute atomic E-state index is 0.697. The average Bonchev–Trinajstić information content (AvgIpc) is 3.05. The number of aromatic nitrogens is 1. The second-order valence-electron chi connectivity index (χ2n) is 4.88. The second kappa shape index (κ2) is 4.42. The van der Waals surface area contributed by atoms with Crippen molar-refractivity contribution in [3.63, 3.8) is 0 Å². The molecule has 1 N–H and O–H groups in total. The number of hydrogen-bond acceptors (Lipinski definition) is 3. The van der Waals surface area contributed by atoms with Gasteiger partial charge >= 0.3 is 5.97 Å². The minimum Gasteiger partial charge on any atom is -0.481 e. The summed E-state index contributed by atoms with van der Waals surface area (Å²) in [5.74, 6) is -0.754. The van der Waals surface area contributed by atoms with E-state index in [1.807, 2.05) is 30.5 Å². The van der Waals surface area contributed by atoms with Crippen molar-refractivity contribution in [1.29, 1.82) is 0 Å². The summed E-state index contributed by atoms with van der Waals surface area (Å²) in [6, 6.07) is 6.05. The number of benzene rings is 1. The molecule has 1 aliphatic carbocycles. The third-order valence-electron chi connectivity index (χ3n) is 3.58. The molecule has 0 bridgehead atoms. The zero-order chi connectivity index (χ0) is 13.6. The van der Waals surface area contributed by atoms with Crippen LogP contribution in [-0.4, -0.2) is 16.1 Å². The lowest BCUT2D eigenvalue weighted by molar-refractivity contribution is -0.140. The Bertz CT molecular complexity index is 661. The van der Waals surface area contributed by atoms with Crippen LogP contribution in [0.2, 0.25) is 0 Å². The Morgan fingerprint density at radius 2 is 2.21 bits per heavy atom. The van der Waals surface area contributed by atoms with E-state index >= 15 is 0 Å². The quantitative estimate of drug-likeness (QED) is 0.920. The fourth-order valence-electron chi connectivity index (χ4n) is 2.15. The number of nitrogens with zero attached hydrogens (tertiary/aromatic N) is 1. The average molecular weight is 338 g/mol. The number of rotatable bonds is 3. The molecule has 98 valence electrons.